The molecule has 0 aliphatic heterocycles. The van der Waals surface area contributed by atoms with Crippen molar-refractivity contribution in [3.05, 3.63) is 30.0 Å². The predicted octanol–water partition coefficient (Wildman–Crippen LogP) is 1.80. The summed E-state index contributed by atoms with van der Waals surface area (Å²) in [4.78, 5) is 0. The normalized spacial score (nSPS) is 10.8. The lowest BCUT2D eigenvalue weighted by Gasteiger charge is -1.92. The van der Waals surface area contributed by atoms with Gasteiger partial charge in [-0.2, -0.15) is 4.37 Å². The number of rotatable bonds is 2. The lowest BCUT2D eigenvalue weighted by atomic mass is 10.2. The number of fused-ring (bicyclic) bond motifs is 1. The molecule has 0 fully saturated rings. The molecule has 0 bridgehead atoms. The second-order valence-corrected chi connectivity index (χ2v) is 3.47. The number of nitrogens with zero attached hydrogens (tertiary/aromatic N) is 1. The van der Waals surface area contributed by atoms with Crippen LogP contribution in [0.1, 0.15) is 5.69 Å². The van der Waals surface area contributed by atoms with E-state index in [2.05, 4.69) is 16.5 Å². The highest BCUT2D eigenvalue weighted by atomic mass is 32.1. The van der Waals surface area contributed by atoms with Crippen molar-refractivity contribution in [2.75, 3.05) is 6.54 Å². The molecule has 1 aromatic heterocycles. The Labute approximate surface area is 75.2 Å². The molecule has 0 radical (unpaired) electrons. The van der Waals surface area contributed by atoms with Gasteiger partial charge in [0.05, 0.1) is 10.4 Å². The zero-order chi connectivity index (χ0) is 8.39. The molecule has 2 rings (SSSR count). The first-order valence-corrected chi connectivity index (χ1v) is 4.72. The van der Waals surface area contributed by atoms with E-state index in [0.717, 1.165) is 12.1 Å². The Bertz CT molecular complexity index is 381. The Morgan fingerprint density at radius 2 is 2.17 bits per heavy atom. The van der Waals surface area contributed by atoms with E-state index >= 15 is 0 Å². The molecule has 62 valence electrons. The number of benzene rings is 1. The third-order valence-electron chi connectivity index (χ3n) is 1.83. The van der Waals surface area contributed by atoms with Gasteiger partial charge >= 0.3 is 0 Å². The number of hydrogen-bond donors (Lipinski definition) is 1. The first-order valence-electron chi connectivity index (χ1n) is 3.95. The molecular formula is C9H10N2S. The molecule has 0 aliphatic rings. The fourth-order valence-corrected chi connectivity index (χ4v) is 2.08. The Morgan fingerprint density at radius 3 is 3.00 bits per heavy atom. The van der Waals surface area contributed by atoms with Crippen molar-refractivity contribution in [1.82, 2.24) is 4.37 Å². The van der Waals surface area contributed by atoms with Crippen LogP contribution in [0.3, 0.4) is 0 Å². The van der Waals surface area contributed by atoms with Gasteiger partial charge in [-0.25, -0.2) is 0 Å². The smallest absolute Gasteiger partial charge is 0.0633 e. The van der Waals surface area contributed by atoms with Crippen molar-refractivity contribution in [2.45, 2.75) is 6.42 Å². The predicted molar refractivity (Wildman–Crippen MR) is 52.4 cm³/mol. The van der Waals surface area contributed by atoms with Crippen LogP contribution in [-0.4, -0.2) is 10.9 Å². The first kappa shape index (κ1) is 7.71. The minimum atomic E-state index is 0.674. The molecule has 0 saturated carbocycles. The van der Waals surface area contributed by atoms with Crippen LogP contribution < -0.4 is 5.73 Å². The quantitative estimate of drug-likeness (QED) is 0.761. The minimum absolute atomic E-state index is 0.674. The average Bonchev–Trinajstić information content (AvgIpc) is 2.50. The molecule has 0 atom stereocenters. The Hall–Kier alpha value is -0.930. The second kappa shape index (κ2) is 3.21. The van der Waals surface area contributed by atoms with Crippen LogP contribution in [0.5, 0.6) is 0 Å². The number of hydrogen-bond acceptors (Lipinski definition) is 3. The third kappa shape index (κ3) is 1.21. The lowest BCUT2D eigenvalue weighted by molar-refractivity contribution is 0.953. The molecule has 2 nitrogen and oxygen atoms in total. The summed E-state index contributed by atoms with van der Waals surface area (Å²) in [7, 11) is 0. The van der Waals surface area contributed by atoms with Crippen LogP contribution in [0.4, 0.5) is 0 Å². The van der Waals surface area contributed by atoms with Crippen molar-refractivity contribution < 1.29 is 0 Å². The van der Waals surface area contributed by atoms with Gasteiger partial charge in [-0.05, 0) is 24.1 Å². The summed E-state index contributed by atoms with van der Waals surface area (Å²) in [5, 5.41) is 1.26. The van der Waals surface area contributed by atoms with E-state index in [0.29, 0.717) is 6.54 Å². The lowest BCUT2D eigenvalue weighted by Crippen LogP contribution is -2.02. The molecule has 2 N–H and O–H groups in total. The van der Waals surface area contributed by atoms with Crippen molar-refractivity contribution in [3.63, 3.8) is 0 Å². The highest BCUT2D eigenvalue weighted by Crippen LogP contribution is 2.21. The van der Waals surface area contributed by atoms with E-state index in [-0.39, 0.29) is 0 Å². The number of aromatic nitrogens is 1. The van der Waals surface area contributed by atoms with Gasteiger partial charge in [0.25, 0.3) is 0 Å². The van der Waals surface area contributed by atoms with Gasteiger partial charge in [-0.15, -0.1) is 0 Å². The van der Waals surface area contributed by atoms with E-state index in [9.17, 15) is 0 Å². The van der Waals surface area contributed by atoms with Crippen LogP contribution >= 0.6 is 11.5 Å². The molecule has 1 heterocycles. The first-order chi connectivity index (χ1) is 5.92. The summed E-state index contributed by atoms with van der Waals surface area (Å²) < 4.78 is 5.60. The fourth-order valence-electron chi connectivity index (χ4n) is 1.26. The fraction of sp³-hybridized carbons (Fsp3) is 0.222. The van der Waals surface area contributed by atoms with Crippen LogP contribution in [0.25, 0.3) is 10.1 Å². The van der Waals surface area contributed by atoms with Gasteiger partial charge < -0.3 is 5.73 Å². The molecular weight excluding hydrogens is 168 g/mol. The van der Waals surface area contributed by atoms with Crippen LogP contribution in [0.15, 0.2) is 24.3 Å². The van der Waals surface area contributed by atoms with E-state index in [1.54, 1.807) is 11.5 Å². The summed E-state index contributed by atoms with van der Waals surface area (Å²) in [6.07, 6.45) is 0.879. The maximum Gasteiger partial charge on any atom is 0.0633 e. The third-order valence-corrected chi connectivity index (χ3v) is 2.70. The van der Waals surface area contributed by atoms with Crippen molar-refractivity contribution in [2.24, 2.45) is 5.73 Å². The molecule has 12 heavy (non-hydrogen) atoms. The van der Waals surface area contributed by atoms with Crippen LogP contribution in [0, 0.1) is 0 Å². The Balaban J connectivity index is 2.55. The standard InChI is InChI=1S/C9H10N2S/c10-6-5-8-7-3-1-2-4-9(7)12-11-8/h1-4H,5-6,10H2. The largest absolute Gasteiger partial charge is 0.330 e. The molecule has 0 spiro atoms. The van der Waals surface area contributed by atoms with Gasteiger partial charge in [0.15, 0.2) is 0 Å². The monoisotopic (exact) mass is 178 g/mol. The van der Waals surface area contributed by atoms with Gasteiger partial charge in [0.2, 0.25) is 0 Å². The highest BCUT2D eigenvalue weighted by molar-refractivity contribution is 7.13. The van der Waals surface area contributed by atoms with E-state index in [4.69, 9.17) is 5.73 Å². The summed E-state index contributed by atoms with van der Waals surface area (Å²) in [6, 6.07) is 8.26. The Kier molecular flexibility index (Phi) is 2.06. The highest BCUT2D eigenvalue weighted by Gasteiger charge is 2.02. The van der Waals surface area contributed by atoms with Crippen molar-refractivity contribution >= 4 is 21.6 Å². The summed E-state index contributed by atoms with van der Waals surface area (Å²) in [5.41, 5.74) is 6.61. The van der Waals surface area contributed by atoms with Gasteiger partial charge in [-0.1, -0.05) is 18.2 Å². The average molecular weight is 178 g/mol. The van der Waals surface area contributed by atoms with Gasteiger partial charge in [0, 0.05) is 11.8 Å². The van der Waals surface area contributed by atoms with Gasteiger partial charge in [-0.3, -0.25) is 0 Å². The SMILES string of the molecule is NCCc1nsc2ccccc12. The molecule has 0 unspecified atom stereocenters. The minimum Gasteiger partial charge on any atom is -0.330 e. The van der Waals surface area contributed by atoms with Crippen molar-refractivity contribution in [1.29, 1.82) is 0 Å². The topological polar surface area (TPSA) is 38.9 Å². The molecule has 0 aliphatic carbocycles. The second-order valence-electron chi connectivity index (χ2n) is 2.66. The van der Waals surface area contributed by atoms with Crippen LogP contribution in [-0.2, 0) is 6.42 Å². The van der Waals surface area contributed by atoms with Crippen LogP contribution in [0.2, 0.25) is 0 Å². The zero-order valence-corrected chi connectivity index (χ0v) is 7.47. The molecule has 0 amide bonds. The summed E-state index contributed by atoms with van der Waals surface area (Å²) in [5.74, 6) is 0. The molecule has 0 saturated heterocycles. The maximum absolute atomic E-state index is 5.48. The van der Waals surface area contributed by atoms with E-state index < -0.39 is 0 Å². The zero-order valence-electron chi connectivity index (χ0n) is 6.66. The van der Waals surface area contributed by atoms with Crippen molar-refractivity contribution in [3.8, 4) is 0 Å². The molecule has 3 heteroatoms. The summed E-state index contributed by atoms with van der Waals surface area (Å²) in [6.45, 7) is 0.674. The maximum atomic E-state index is 5.48. The summed E-state index contributed by atoms with van der Waals surface area (Å²) >= 11 is 1.55. The van der Waals surface area contributed by atoms with E-state index in [1.165, 1.54) is 10.1 Å². The molecule has 2 aromatic rings. The number of nitrogens with two attached hydrogens (primary N) is 1. The van der Waals surface area contributed by atoms with E-state index in [1.807, 2.05) is 12.1 Å². The molecule has 1 aromatic carbocycles. The Morgan fingerprint density at radius 1 is 1.33 bits per heavy atom. The van der Waals surface area contributed by atoms with Gasteiger partial charge in [0.1, 0.15) is 0 Å².